The molecule has 0 heterocycles. The molecule has 0 aromatic heterocycles. The summed E-state index contributed by atoms with van der Waals surface area (Å²) in [4.78, 5) is 22.7. The molecular weight excluding hydrogens is 286 g/mol. The van der Waals surface area contributed by atoms with Crippen molar-refractivity contribution in [3.05, 3.63) is 33.8 Å². The van der Waals surface area contributed by atoms with E-state index in [0.717, 1.165) is 5.56 Å². The van der Waals surface area contributed by atoms with E-state index in [2.05, 4.69) is 21.2 Å². The Morgan fingerprint density at radius 3 is 2.59 bits per heavy atom. The van der Waals surface area contributed by atoms with Gasteiger partial charge in [-0.3, -0.25) is 4.79 Å². The van der Waals surface area contributed by atoms with Gasteiger partial charge in [-0.1, -0.05) is 13.0 Å². The molecule has 0 saturated carbocycles. The summed E-state index contributed by atoms with van der Waals surface area (Å²) < 4.78 is 0.662. The van der Waals surface area contributed by atoms with Crippen LogP contribution in [-0.4, -0.2) is 23.0 Å². The van der Waals surface area contributed by atoms with Gasteiger partial charge in [-0.05, 0) is 47.0 Å². The molecule has 0 aliphatic heterocycles. The van der Waals surface area contributed by atoms with Crippen LogP contribution in [0.4, 0.5) is 0 Å². The Kier molecular flexibility index (Phi) is 4.69. The second-order valence-electron chi connectivity index (χ2n) is 3.76. The van der Waals surface area contributed by atoms with Crippen molar-refractivity contribution in [2.75, 3.05) is 0 Å². The average molecular weight is 300 g/mol. The Morgan fingerprint density at radius 2 is 2.12 bits per heavy atom. The van der Waals surface area contributed by atoms with E-state index in [9.17, 15) is 9.59 Å². The molecule has 0 radical (unpaired) electrons. The molecule has 1 aromatic rings. The molecule has 0 spiro atoms. The molecule has 2 N–H and O–H groups in total. The molecule has 0 aliphatic carbocycles. The van der Waals surface area contributed by atoms with Crippen LogP contribution in [0, 0.1) is 6.92 Å². The molecule has 0 saturated heterocycles. The summed E-state index contributed by atoms with van der Waals surface area (Å²) in [5.74, 6) is -1.41. The smallest absolute Gasteiger partial charge is 0.326 e. The van der Waals surface area contributed by atoms with Crippen molar-refractivity contribution in [3.63, 3.8) is 0 Å². The minimum absolute atomic E-state index is 0.352. The van der Waals surface area contributed by atoms with Crippen molar-refractivity contribution in [3.8, 4) is 0 Å². The van der Waals surface area contributed by atoms with Gasteiger partial charge in [0, 0.05) is 4.47 Å². The van der Waals surface area contributed by atoms with E-state index < -0.39 is 12.0 Å². The largest absolute Gasteiger partial charge is 0.480 e. The summed E-state index contributed by atoms with van der Waals surface area (Å²) in [6.07, 6.45) is 0.352. The number of aliphatic carboxylic acids is 1. The molecule has 1 atom stereocenters. The number of aryl methyl sites for hydroxylation is 1. The third-order valence-electron chi connectivity index (χ3n) is 2.38. The highest BCUT2D eigenvalue weighted by Crippen LogP contribution is 2.18. The van der Waals surface area contributed by atoms with Gasteiger partial charge in [-0.2, -0.15) is 0 Å². The fourth-order valence-electron chi connectivity index (χ4n) is 1.38. The molecule has 0 bridgehead atoms. The van der Waals surface area contributed by atoms with E-state index in [4.69, 9.17) is 5.11 Å². The Bertz CT molecular complexity index is 445. The molecule has 1 unspecified atom stereocenters. The van der Waals surface area contributed by atoms with Crippen LogP contribution < -0.4 is 5.32 Å². The standard InChI is InChI=1S/C12H14BrNO3/c1-3-10(12(16)17)14-11(15)8-5-4-7(2)6-9(8)13/h4-6,10H,3H2,1-2H3,(H,14,15)(H,16,17). The second kappa shape index (κ2) is 5.82. The van der Waals surface area contributed by atoms with Crippen LogP contribution in [0.5, 0.6) is 0 Å². The lowest BCUT2D eigenvalue weighted by molar-refractivity contribution is -0.139. The van der Waals surface area contributed by atoms with Gasteiger partial charge < -0.3 is 10.4 Å². The number of halogens is 1. The maximum Gasteiger partial charge on any atom is 0.326 e. The maximum atomic E-state index is 11.8. The lowest BCUT2D eigenvalue weighted by Crippen LogP contribution is -2.40. The summed E-state index contributed by atoms with van der Waals surface area (Å²) in [5.41, 5.74) is 1.47. The Hall–Kier alpha value is -1.36. The number of carboxylic acid groups (broad SMARTS) is 1. The first kappa shape index (κ1) is 13.7. The van der Waals surface area contributed by atoms with Crippen LogP contribution in [0.25, 0.3) is 0 Å². The first-order valence-electron chi connectivity index (χ1n) is 5.25. The van der Waals surface area contributed by atoms with E-state index in [-0.39, 0.29) is 5.91 Å². The quantitative estimate of drug-likeness (QED) is 0.897. The molecule has 1 rings (SSSR count). The molecule has 17 heavy (non-hydrogen) atoms. The van der Waals surface area contributed by atoms with Gasteiger partial charge in [0.25, 0.3) is 5.91 Å². The minimum Gasteiger partial charge on any atom is -0.480 e. The first-order valence-corrected chi connectivity index (χ1v) is 6.04. The Balaban J connectivity index is 2.86. The monoisotopic (exact) mass is 299 g/mol. The first-order chi connectivity index (χ1) is 7.95. The molecular formula is C12H14BrNO3. The zero-order valence-electron chi connectivity index (χ0n) is 9.66. The maximum absolute atomic E-state index is 11.8. The summed E-state index contributed by atoms with van der Waals surface area (Å²) >= 11 is 3.29. The number of hydrogen-bond donors (Lipinski definition) is 2. The number of carboxylic acids is 1. The zero-order chi connectivity index (χ0) is 13.0. The molecule has 4 nitrogen and oxygen atoms in total. The van der Waals surface area contributed by atoms with Gasteiger partial charge in [-0.25, -0.2) is 4.79 Å². The topological polar surface area (TPSA) is 66.4 Å². The van der Waals surface area contributed by atoms with Crippen molar-refractivity contribution in [1.82, 2.24) is 5.32 Å². The molecule has 92 valence electrons. The highest BCUT2D eigenvalue weighted by Gasteiger charge is 2.19. The van der Waals surface area contributed by atoms with Crippen LogP contribution in [0.3, 0.4) is 0 Å². The van der Waals surface area contributed by atoms with Crippen LogP contribution in [0.2, 0.25) is 0 Å². The summed E-state index contributed by atoms with van der Waals surface area (Å²) in [7, 11) is 0. The van der Waals surface area contributed by atoms with Crippen LogP contribution >= 0.6 is 15.9 Å². The van der Waals surface area contributed by atoms with Gasteiger partial charge >= 0.3 is 5.97 Å². The van der Waals surface area contributed by atoms with Gasteiger partial charge in [0.2, 0.25) is 0 Å². The third-order valence-corrected chi connectivity index (χ3v) is 3.04. The Morgan fingerprint density at radius 1 is 1.47 bits per heavy atom. The SMILES string of the molecule is CCC(NC(=O)c1ccc(C)cc1Br)C(=O)O. The fourth-order valence-corrected chi connectivity index (χ4v) is 2.05. The summed E-state index contributed by atoms with van der Waals surface area (Å²) in [6.45, 7) is 3.63. The Labute approximate surface area is 108 Å². The van der Waals surface area contributed by atoms with E-state index in [1.54, 1.807) is 19.1 Å². The highest BCUT2D eigenvalue weighted by atomic mass is 79.9. The van der Waals surface area contributed by atoms with Gasteiger partial charge in [0.05, 0.1) is 5.56 Å². The predicted molar refractivity (Wildman–Crippen MR) is 68.1 cm³/mol. The molecule has 1 amide bonds. The predicted octanol–water partition coefficient (Wildman–Crippen LogP) is 2.35. The van der Waals surface area contributed by atoms with E-state index in [1.807, 2.05) is 13.0 Å². The van der Waals surface area contributed by atoms with Crippen molar-refractivity contribution < 1.29 is 14.7 Å². The zero-order valence-corrected chi connectivity index (χ0v) is 11.2. The van der Waals surface area contributed by atoms with Crippen molar-refractivity contribution in [1.29, 1.82) is 0 Å². The van der Waals surface area contributed by atoms with Crippen molar-refractivity contribution in [2.45, 2.75) is 26.3 Å². The van der Waals surface area contributed by atoms with Crippen molar-refractivity contribution >= 4 is 27.8 Å². The lowest BCUT2D eigenvalue weighted by Gasteiger charge is -2.13. The normalized spacial score (nSPS) is 11.9. The number of carbonyl (C=O) groups is 2. The minimum atomic E-state index is -1.02. The van der Waals surface area contributed by atoms with E-state index >= 15 is 0 Å². The number of carbonyl (C=O) groups excluding carboxylic acids is 1. The average Bonchev–Trinajstić information content (AvgIpc) is 2.24. The number of benzene rings is 1. The van der Waals surface area contributed by atoms with Crippen LogP contribution in [-0.2, 0) is 4.79 Å². The molecule has 1 aromatic carbocycles. The van der Waals surface area contributed by atoms with Gasteiger partial charge in [0.1, 0.15) is 6.04 Å². The van der Waals surface area contributed by atoms with E-state index in [1.165, 1.54) is 0 Å². The molecule has 0 aliphatic rings. The fraction of sp³-hybridized carbons (Fsp3) is 0.333. The summed E-state index contributed by atoms with van der Waals surface area (Å²) in [6, 6.07) is 4.44. The van der Waals surface area contributed by atoms with Crippen LogP contribution in [0.1, 0.15) is 29.3 Å². The third kappa shape index (κ3) is 3.56. The number of rotatable bonds is 4. The lowest BCUT2D eigenvalue weighted by atomic mass is 10.1. The van der Waals surface area contributed by atoms with E-state index in [0.29, 0.717) is 16.5 Å². The highest BCUT2D eigenvalue weighted by molar-refractivity contribution is 9.10. The van der Waals surface area contributed by atoms with Gasteiger partial charge in [0.15, 0.2) is 0 Å². The second-order valence-corrected chi connectivity index (χ2v) is 4.61. The van der Waals surface area contributed by atoms with Gasteiger partial charge in [-0.15, -0.1) is 0 Å². The number of nitrogens with one attached hydrogen (secondary N) is 1. The van der Waals surface area contributed by atoms with Crippen molar-refractivity contribution in [2.24, 2.45) is 0 Å². The summed E-state index contributed by atoms with van der Waals surface area (Å²) in [5, 5.41) is 11.3. The molecule has 0 fully saturated rings. The number of amides is 1. The molecule has 5 heteroatoms. The number of hydrogen-bond acceptors (Lipinski definition) is 2. The van der Waals surface area contributed by atoms with Crippen LogP contribution in [0.15, 0.2) is 22.7 Å².